The minimum Gasteiger partial charge on any atom is -0.379 e. The van der Waals surface area contributed by atoms with Gasteiger partial charge in [0.15, 0.2) is 10.3 Å². The molecule has 0 fully saturated rings. The van der Waals surface area contributed by atoms with E-state index in [0.29, 0.717) is 21.6 Å². The van der Waals surface area contributed by atoms with Gasteiger partial charge in [0.1, 0.15) is 0 Å². The first-order valence-electron chi connectivity index (χ1n) is 4.80. The molecule has 1 aromatic carbocycles. The second kappa shape index (κ2) is 7.13. The minimum absolute atomic E-state index is 0.0474. The molecule has 1 aromatic rings. The third-order valence-corrected chi connectivity index (χ3v) is 4.26. The van der Waals surface area contributed by atoms with Gasteiger partial charge in [0.05, 0.1) is 10.0 Å². The Bertz CT molecular complexity index is 436. The second-order valence-corrected chi connectivity index (χ2v) is 6.19. The molecule has 0 bridgehead atoms. The number of nitrogens with two attached hydrogens (primary N) is 2. The Hall–Kier alpha value is -0.560. The molecule has 0 aromatic heterocycles. The zero-order valence-electron chi connectivity index (χ0n) is 9.30. The lowest BCUT2D eigenvalue weighted by Gasteiger charge is -2.10. The van der Waals surface area contributed by atoms with Crippen LogP contribution in [0.4, 0.5) is 0 Å². The molecule has 0 heterocycles. The highest BCUT2D eigenvalue weighted by molar-refractivity contribution is 8.13. The van der Waals surface area contributed by atoms with Crippen LogP contribution in [0.3, 0.4) is 0 Å². The summed E-state index contributed by atoms with van der Waals surface area (Å²) in [5.74, 6) is 1.08. The van der Waals surface area contributed by atoms with Gasteiger partial charge in [-0.1, -0.05) is 46.7 Å². The highest BCUT2D eigenvalue weighted by atomic mass is 35.5. The van der Waals surface area contributed by atoms with Gasteiger partial charge in [-0.2, -0.15) is 0 Å². The topological polar surface area (TPSA) is 99.7 Å². The average Bonchev–Trinajstić information content (AvgIpc) is 2.28. The Balaban J connectivity index is 2.93. The molecule has 0 spiro atoms. The summed E-state index contributed by atoms with van der Waals surface area (Å²) in [6.45, 7) is 0. The Labute approximate surface area is 124 Å². The maximum absolute atomic E-state index is 7.20. The van der Waals surface area contributed by atoms with Crippen molar-refractivity contribution >= 4 is 57.1 Å². The summed E-state index contributed by atoms with van der Waals surface area (Å²) in [5.41, 5.74) is 12.5. The molecule has 6 N–H and O–H groups in total. The van der Waals surface area contributed by atoms with Gasteiger partial charge in [0, 0.05) is 11.5 Å². The van der Waals surface area contributed by atoms with Gasteiger partial charge in [-0.3, -0.25) is 10.8 Å². The molecule has 0 saturated carbocycles. The summed E-state index contributed by atoms with van der Waals surface area (Å²) >= 11 is 14.4. The van der Waals surface area contributed by atoms with Crippen molar-refractivity contribution in [2.24, 2.45) is 11.5 Å². The minimum atomic E-state index is 0.0474. The molecule has 4 nitrogen and oxygen atoms in total. The van der Waals surface area contributed by atoms with E-state index in [1.54, 1.807) is 12.1 Å². The molecule has 0 radical (unpaired) electrons. The van der Waals surface area contributed by atoms with Crippen LogP contribution in [-0.2, 0) is 11.5 Å². The van der Waals surface area contributed by atoms with Gasteiger partial charge in [-0.15, -0.1) is 0 Å². The standard InChI is InChI=1S/C10H12Cl2N4S2/c11-7-1-5(3-17-9(13)14)6(2-8(7)12)4-18-10(15)16/h1-2H,3-4H2,(H3,13,14)(H3,15,16). The van der Waals surface area contributed by atoms with Crippen LogP contribution in [0.15, 0.2) is 12.1 Å². The van der Waals surface area contributed by atoms with Crippen LogP contribution in [0.5, 0.6) is 0 Å². The van der Waals surface area contributed by atoms with Crippen molar-refractivity contribution in [3.05, 3.63) is 33.3 Å². The zero-order chi connectivity index (χ0) is 13.7. The highest BCUT2D eigenvalue weighted by Crippen LogP contribution is 2.30. The molecule has 0 aliphatic heterocycles. The lowest BCUT2D eigenvalue weighted by atomic mass is 10.1. The number of hydrogen-bond donors (Lipinski definition) is 4. The van der Waals surface area contributed by atoms with Gasteiger partial charge in [0.25, 0.3) is 0 Å². The molecule has 98 valence electrons. The normalized spacial score (nSPS) is 10.3. The van der Waals surface area contributed by atoms with Crippen LogP contribution in [0.25, 0.3) is 0 Å². The molecule has 0 aliphatic carbocycles. The van der Waals surface area contributed by atoms with E-state index >= 15 is 0 Å². The van der Waals surface area contributed by atoms with Crippen molar-refractivity contribution in [3.63, 3.8) is 0 Å². The van der Waals surface area contributed by atoms with E-state index in [1.165, 1.54) is 23.5 Å². The van der Waals surface area contributed by atoms with Crippen LogP contribution in [-0.4, -0.2) is 10.3 Å². The summed E-state index contributed by atoms with van der Waals surface area (Å²) in [5, 5.41) is 15.4. The van der Waals surface area contributed by atoms with Crippen molar-refractivity contribution in [2.75, 3.05) is 0 Å². The maximum Gasteiger partial charge on any atom is 0.151 e. The second-order valence-electron chi connectivity index (χ2n) is 3.34. The van der Waals surface area contributed by atoms with Gasteiger partial charge in [0.2, 0.25) is 0 Å². The Morgan fingerprint density at radius 1 is 0.944 bits per heavy atom. The largest absolute Gasteiger partial charge is 0.379 e. The number of rotatable bonds is 4. The van der Waals surface area contributed by atoms with Crippen LogP contribution >= 0.6 is 46.7 Å². The molecule has 1 rings (SSSR count). The smallest absolute Gasteiger partial charge is 0.151 e. The van der Waals surface area contributed by atoms with E-state index in [9.17, 15) is 0 Å². The van der Waals surface area contributed by atoms with Gasteiger partial charge in [-0.05, 0) is 23.3 Å². The molecule has 18 heavy (non-hydrogen) atoms. The highest BCUT2D eigenvalue weighted by Gasteiger charge is 2.09. The zero-order valence-corrected chi connectivity index (χ0v) is 12.4. The van der Waals surface area contributed by atoms with Crippen LogP contribution in [0.2, 0.25) is 10.0 Å². The first-order chi connectivity index (χ1) is 8.40. The van der Waals surface area contributed by atoms with Crippen molar-refractivity contribution in [2.45, 2.75) is 11.5 Å². The Kier molecular flexibility index (Phi) is 6.14. The van der Waals surface area contributed by atoms with Gasteiger partial charge >= 0.3 is 0 Å². The molecule has 0 atom stereocenters. The fraction of sp³-hybridized carbons (Fsp3) is 0.200. The van der Waals surface area contributed by atoms with E-state index in [0.717, 1.165) is 11.1 Å². The molecule has 0 aliphatic rings. The lowest BCUT2D eigenvalue weighted by molar-refractivity contribution is 1.29. The van der Waals surface area contributed by atoms with Gasteiger partial charge < -0.3 is 11.5 Å². The van der Waals surface area contributed by atoms with Crippen molar-refractivity contribution in [1.29, 1.82) is 10.8 Å². The summed E-state index contributed by atoms with van der Waals surface area (Å²) in [6.07, 6.45) is 0. The summed E-state index contributed by atoms with van der Waals surface area (Å²) < 4.78 is 0. The summed E-state index contributed by atoms with van der Waals surface area (Å²) in [7, 11) is 0. The van der Waals surface area contributed by atoms with Crippen LogP contribution < -0.4 is 11.5 Å². The predicted molar refractivity (Wildman–Crippen MR) is 82.9 cm³/mol. The number of amidine groups is 2. The number of thioether (sulfide) groups is 2. The summed E-state index contributed by atoms with van der Waals surface area (Å²) in [4.78, 5) is 0. The summed E-state index contributed by atoms with van der Waals surface area (Å²) in [6, 6.07) is 3.52. The first-order valence-corrected chi connectivity index (χ1v) is 7.53. The van der Waals surface area contributed by atoms with Crippen molar-refractivity contribution in [3.8, 4) is 0 Å². The maximum atomic E-state index is 7.20. The van der Waals surface area contributed by atoms with E-state index in [4.69, 9.17) is 45.5 Å². The molecule has 0 saturated heterocycles. The lowest BCUT2D eigenvalue weighted by Crippen LogP contribution is -2.06. The molecular formula is C10H12Cl2N4S2. The van der Waals surface area contributed by atoms with E-state index in [-0.39, 0.29) is 10.3 Å². The first kappa shape index (κ1) is 15.5. The number of hydrogen-bond acceptors (Lipinski definition) is 4. The Morgan fingerprint density at radius 2 is 1.28 bits per heavy atom. The average molecular weight is 323 g/mol. The molecular weight excluding hydrogens is 311 g/mol. The van der Waals surface area contributed by atoms with Crippen LogP contribution in [0, 0.1) is 10.8 Å². The number of halogens is 2. The van der Waals surface area contributed by atoms with E-state index < -0.39 is 0 Å². The third kappa shape index (κ3) is 4.97. The van der Waals surface area contributed by atoms with Gasteiger partial charge in [-0.25, -0.2) is 0 Å². The van der Waals surface area contributed by atoms with E-state index in [2.05, 4.69) is 0 Å². The quantitative estimate of drug-likeness (QED) is 0.505. The SMILES string of the molecule is N=C(N)SCc1cc(Cl)c(Cl)cc1CSC(=N)N. The Morgan fingerprint density at radius 3 is 1.56 bits per heavy atom. The van der Waals surface area contributed by atoms with Crippen molar-refractivity contribution < 1.29 is 0 Å². The van der Waals surface area contributed by atoms with E-state index in [1.807, 2.05) is 0 Å². The number of nitrogens with one attached hydrogen (secondary N) is 2. The van der Waals surface area contributed by atoms with Crippen molar-refractivity contribution in [1.82, 2.24) is 0 Å². The fourth-order valence-electron chi connectivity index (χ4n) is 1.21. The molecule has 8 heteroatoms. The molecule has 0 unspecified atom stereocenters. The van der Waals surface area contributed by atoms with Crippen LogP contribution in [0.1, 0.15) is 11.1 Å². The predicted octanol–water partition coefficient (Wildman–Crippen LogP) is 3.25. The fourth-order valence-corrected chi connectivity index (χ4v) is 2.74. The molecule has 0 amide bonds. The monoisotopic (exact) mass is 322 g/mol. The number of benzene rings is 1. The third-order valence-electron chi connectivity index (χ3n) is 2.01.